The lowest BCUT2D eigenvalue weighted by atomic mass is 10.1. The first-order valence-electron chi connectivity index (χ1n) is 8.50. The van der Waals surface area contributed by atoms with E-state index < -0.39 is 0 Å². The summed E-state index contributed by atoms with van der Waals surface area (Å²) < 4.78 is 10.8. The van der Waals surface area contributed by atoms with E-state index >= 15 is 0 Å². The number of carbonyl (C=O) groups excluding carboxylic acids is 1. The zero-order chi connectivity index (χ0) is 18.1. The lowest BCUT2D eigenvalue weighted by Crippen LogP contribution is -2.22. The van der Waals surface area contributed by atoms with Crippen molar-refractivity contribution >= 4 is 17.3 Å². The molecule has 0 aromatic heterocycles. The molecule has 0 unspecified atom stereocenters. The standard InChI is InChI=1S/C20H26N2O3/c1-4-24-11-12-25-18-9-6-8-17(13-18)22-20(23)14-21-19-10-5-7-15(2)16(19)3/h5-10,13,21H,4,11-12,14H2,1-3H3,(H,22,23). The van der Waals surface area contributed by atoms with Gasteiger partial charge in [-0.1, -0.05) is 18.2 Å². The van der Waals surface area contributed by atoms with Gasteiger partial charge in [0.1, 0.15) is 12.4 Å². The normalized spacial score (nSPS) is 10.4. The highest BCUT2D eigenvalue weighted by Gasteiger charge is 2.06. The largest absolute Gasteiger partial charge is 0.491 e. The second kappa shape index (κ2) is 9.69. The van der Waals surface area contributed by atoms with Crippen LogP contribution >= 0.6 is 0 Å². The van der Waals surface area contributed by atoms with Gasteiger partial charge in [0.15, 0.2) is 0 Å². The number of anilines is 2. The van der Waals surface area contributed by atoms with E-state index in [9.17, 15) is 4.79 Å². The average Bonchev–Trinajstić information content (AvgIpc) is 2.60. The van der Waals surface area contributed by atoms with Gasteiger partial charge >= 0.3 is 0 Å². The van der Waals surface area contributed by atoms with Gasteiger partial charge in [-0.15, -0.1) is 0 Å². The Morgan fingerprint density at radius 2 is 1.88 bits per heavy atom. The second-order valence-electron chi connectivity index (χ2n) is 5.72. The zero-order valence-corrected chi connectivity index (χ0v) is 15.1. The van der Waals surface area contributed by atoms with E-state index in [2.05, 4.69) is 23.6 Å². The SMILES string of the molecule is CCOCCOc1cccc(NC(=O)CNc2cccc(C)c2C)c1. The number of rotatable bonds is 9. The lowest BCUT2D eigenvalue weighted by Gasteiger charge is -2.12. The van der Waals surface area contributed by atoms with Crippen LogP contribution in [0.4, 0.5) is 11.4 Å². The van der Waals surface area contributed by atoms with Crippen LogP contribution in [-0.4, -0.2) is 32.3 Å². The summed E-state index contributed by atoms with van der Waals surface area (Å²) in [6.07, 6.45) is 0. The number of hydrogen-bond acceptors (Lipinski definition) is 4. The Labute approximate surface area is 149 Å². The number of benzene rings is 2. The third-order valence-corrected chi connectivity index (χ3v) is 3.86. The number of hydrogen-bond donors (Lipinski definition) is 2. The van der Waals surface area contributed by atoms with E-state index in [0.717, 1.165) is 11.3 Å². The second-order valence-corrected chi connectivity index (χ2v) is 5.72. The van der Waals surface area contributed by atoms with Crippen molar-refractivity contribution in [3.8, 4) is 5.75 Å². The molecule has 134 valence electrons. The van der Waals surface area contributed by atoms with Gasteiger partial charge in [-0.3, -0.25) is 4.79 Å². The molecule has 0 fully saturated rings. The molecule has 5 heteroatoms. The summed E-state index contributed by atoms with van der Waals surface area (Å²) in [7, 11) is 0. The smallest absolute Gasteiger partial charge is 0.243 e. The number of nitrogens with one attached hydrogen (secondary N) is 2. The predicted molar refractivity (Wildman–Crippen MR) is 101 cm³/mol. The van der Waals surface area contributed by atoms with E-state index in [4.69, 9.17) is 9.47 Å². The summed E-state index contributed by atoms with van der Waals surface area (Å²) >= 11 is 0. The van der Waals surface area contributed by atoms with Crippen molar-refractivity contribution in [2.75, 3.05) is 37.0 Å². The van der Waals surface area contributed by atoms with Crippen molar-refractivity contribution in [3.05, 3.63) is 53.6 Å². The van der Waals surface area contributed by atoms with Crippen LogP contribution in [0.25, 0.3) is 0 Å². The highest BCUT2D eigenvalue weighted by atomic mass is 16.5. The Bertz CT molecular complexity index is 701. The third kappa shape index (κ3) is 6.12. The molecule has 2 rings (SSSR count). The maximum absolute atomic E-state index is 12.2. The Morgan fingerprint density at radius 1 is 1.08 bits per heavy atom. The van der Waals surface area contributed by atoms with Crippen LogP contribution in [0.1, 0.15) is 18.1 Å². The van der Waals surface area contributed by atoms with Crippen LogP contribution in [0.15, 0.2) is 42.5 Å². The molecule has 2 aromatic carbocycles. The van der Waals surface area contributed by atoms with Crippen LogP contribution in [0, 0.1) is 13.8 Å². The topological polar surface area (TPSA) is 59.6 Å². The Morgan fingerprint density at radius 3 is 2.68 bits per heavy atom. The van der Waals surface area contributed by atoms with Crippen LogP contribution in [0.3, 0.4) is 0 Å². The monoisotopic (exact) mass is 342 g/mol. The van der Waals surface area contributed by atoms with E-state index in [1.165, 1.54) is 5.56 Å². The molecule has 0 spiro atoms. The van der Waals surface area contributed by atoms with Gasteiger partial charge in [-0.25, -0.2) is 0 Å². The van der Waals surface area contributed by atoms with Crippen LogP contribution < -0.4 is 15.4 Å². The van der Waals surface area contributed by atoms with Crippen molar-refractivity contribution in [3.63, 3.8) is 0 Å². The van der Waals surface area contributed by atoms with E-state index in [1.54, 1.807) is 0 Å². The summed E-state index contributed by atoms with van der Waals surface area (Å²) in [6.45, 7) is 7.96. The molecule has 25 heavy (non-hydrogen) atoms. The molecule has 0 atom stereocenters. The van der Waals surface area contributed by atoms with Crippen LogP contribution in [0.5, 0.6) is 5.75 Å². The van der Waals surface area contributed by atoms with Gasteiger partial charge in [0.25, 0.3) is 0 Å². The molecule has 0 aliphatic carbocycles. The molecule has 0 bridgehead atoms. The van der Waals surface area contributed by atoms with Gasteiger partial charge in [0.05, 0.1) is 13.2 Å². The first-order chi connectivity index (χ1) is 12.1. The van der Waals surface area contributed by atoms with E-state index in [0.29, 0.717) is 31.3 Å². The first-order valence-corrected chi connectivity index (χ1v) is 8.50. The fraction of sp³-hybridized carbons (Fsp3) is 0.350. The van der Waals surface area contributed by atoms with Crippen LogP contribution in [0.2, 0.25) is 0 Å². The molecule has 0 radical (unpaired) electrons. The lowest BCUT2D eigenvalue weighted by molar-refractivity contribution is -0.114. The minimum absolute atomic E-state index is 0.104. The molecular weight excluding hydrogens is 316 g/mol. The van der Waals surface area contributed by atoms with Gasteiger partial charge in [-0.05, 0) is 50.1 Å². The highest BCUT2D eigenvalue weighted by molar-refractivity contribution is 5.94. The molecular formula is C20H26N2O3. The molecule has 1 amide bonds. The third-order valence-electron chi connectivity index (χ3n) is 3.86. The average molecular weight is 342 g/mol. The predicted octanol–water partition coefficient (Wildman–Crippen LogP) is 3.77. The minimum atomic E-state index is -0.104. The fourth-order valence-corrected chi connectivity index (χ4v) is 2.35. The number of carbonyl (C=O) groups is 1. The molecule has 0 aliphatic heterocycles. The van der Waals surface area contributed by atoms with Gasteiger partial charge in [-0.2, -0.15) is 0 Å². The summed E-state index contributed by atoms with van der Waals surface area (Å²) in [5, 5.41) is 6.05. The molecule has 0 aliphatic rings. The summed E-state index contributed by atoms with van der Waals surface area (Å²) in [6, 6.07) is 13.4. The van der Waals surface area contributed by atoms with Crippen molar-refractivity contribution in [1.29, 1.82) is 0 Å². The Balaban J connectivity index is 1.84. The molecule has 0 saturated heterocycles. The van der Waals surface area contributed by atoms with E-state index in [1.807, 2.05) is 50.2 Å². The number of amides is 1. The molecule has 5 nitrogen and oxygen atoms in total. The van der Waals surface area contributed by atoms with Crippen LogP contribution in [-0.2, 0) is 9.53 Å². The molecule has 2 aromatic rings. The maximum Gasteiger partial charge on any atom is 0.243 e. The number of aryl methyl sites for hydroxylation is 1. The molecule has 2 N–H and O–H groups in total. The minimum Gasteiger partial charge on any atom is -0.491 e. The summed E-state index contributed by atoms with van der Waals surface area (Å²) in [4.78, 5) is 12.2. The zero-order valence-electron chi connectivity index (χ0n) is 15.1. The summed E-state index contributed by atoms with van der Waals surface area (Å²) in [5.74, 6) is 0.604. The fourth-order valence-electron chi connectivity index (χ4n) is 2.35. The van der Waals surface area contributed by atoms with Gasteiger partial charge < -0.3 is 20.1 Å². The first kappa shape index (κ1) is 18.8. The van der Waals surface area contributed by atoms with Crippen molar-refractivity contribution in [2.45, 2.75) is 20.8 Å². The molecule has 0 saturated carbocycles. The Kier molecular flexibility index (Phi) is 7.29. The van der Waals surface area contributed by atoms with Gasteiger partial charge in [0.2, 0.25) is 5.91 Å². The maximum atomic E-state index is 12.2. The van der Waals surface area contributed by atoms with Gasteiger partial charge in [0, 0.05) is 24.0 Å². The quantitative estimate of drug-likeness (QED) is 0.681. The van der Waals surface area contributed by atoms with Crippen molar-refractivity contribution < 1.29 is 14.3 Å². The van der Waals surface area contributed by atoms with Crippen molar-refractivity contribution in [1.82, 2.24) is 0 Å². The van der Waals surface area contributed by atoms with E-state index in [-0.39, 0.29) is 12.5 Å². The summed E-state index contributed by atoms with van der Waals surface area (Å²) in [5.41, 5.74) is 4.03. The number of ether oxygens (including phenoxy) is 2. The molecule has 0 heterocycles. The van der Waals surface area contributed by atoms with Crippen molar-refractivity contribution in [2.24, 2.45) is 0 Å². The highest BCUT2D eigenvalue weighted by Crippen LogP contribution is 2.19. The Hall–Kier alpha value is -2.53.